The van der Waals surface area contributed by atoms with Crippen LogP contribution in [0.3, 0.4) is 0 Å². The van der Waals surface area contributed by atoms with Crippen LogP contribution in [0.15, 0.2) is 42.5 Å². The normalized spacial score (nSPS) is 10.2. The maximum absolute atomic E-state index is 5.91. The number of hydrogen-bond acceptors (Lipinski definition) is 4. The predicted molar refractivity (Wildman–Crippen MR) is 87.1 cm³/mol. The van der Waals surface area contributed by atoms with Gasteiger partial charge in [0.25, 0.3) is 0 Å². The van der Waals surface area contributed by atoms with E-state index in [2.05, 4.69) is 11.0 Å². The average molecular weight is 286 g/mol. The molecule has 0 amide bonds. The van der Waals surface area contributed by atoms with Crippen LogP contribution in [0.2, 0.25) is 0 Å². The van der Waals surface area contributed by atoms with Crippen LogP contribution in [0.1, 0.15) is 12.5 Å². The van der Waals surface area contributed by atoms with Crippen LogP contribution >= 0.6 is 0 Å². The van der Waals surface area contributed by atoms with Gasteiger partial charge in [0.2, 0.25) is 0 Å². The molecule has 4 heteroatoms. The van der Waals surface area contributed by atoms with Gasteiger partial charge in [0, 0.05) is 30.9 Å². The Hall–Kier alpha value is -2.36. The number of benzene rings is 2. The lowest BCUT2D eigenvalue weighted by atomic mass is 10.1. The van der Waals surface area contributed by atoms with E-state index in [0.717, 1.165) is 29.3 Å². The zero-order valence-corrected chi connectivity index (χ0v) is 12.8. The molecular weight excluding hydrogens is 264 g/mol. The molecule has 2 rings (SSSR count). The van der Waals surface area contributed by atoms with Crippen molar-refractivity contribution in [2.75, 3.05) is 31.4 Å². The number of anilines is 2. The number of rotatable bonds is 6. The molecule has 0 aromatic heterocycles. The summed E-state index contributed by atoms with van der Waals surface area (Å²) in [6.07, 6.45) is 0. The Balaban J connectivity index is 2.20. The maximum Gasteiger partial charge on any atom is 0.144 e. The van der Waals surface area contributed by atoms with Gasteiger partial charge >= 0.3 is 0 Å². The monoisotopic (exact) mass is 286 g/mol. The summed E-state index contributed by atoms with van der Waals surface area (Å²) in [4.78, 5) is 2.14. The zero-order valence-electron chi connectivity index (χ0n) is 12.8. The van der Waals surface area contributed by atoms with Crippen molar-refractivity contribution in [2.24, 2.45) is 0 Å². The van der Waals surface area contributed by atoms with Gasteiger partial charge in [0.15, 0.2) is 0 Å². The molecule has 0 heterocycles. The molecule has 21 heavy (non-hydrogen) atoms. The van der Waals surface area contributed by atoms with Crippen LogP contribution in [0.25, 0.3) is 0 Å². The van der Waals surface area contributed by atoms with Crippen molar-refractivity contribution in [1.29, 1.82) is 0 Å². The summed E-state index contributed by atoms with van der Waals surface area (Å²) < 4.78 is 10.9. The largest absolute Gasteiger partial charge is 0.496 e. The van der Waals surface area contributed by atoms with E-state index in [4.69, 9.17) is 15.2 Å². The van der Waals surface area contributed by atoms with E-state index < -0.39 is 0 Å². The van der Waals surface area contributed by atoms with Gasteiger partial charge in [0.05, 0.1) is 19.4 Å². The highest BCUT2D eigenvalue weighted by molar-refractivity contribution is 5.62. The van der Waals surface area contributed by atoms with Crippen LogP contribution in [0, 0.1) is 0 Å². The molecular formula is C17H22N2O2. The Morgan fingerprint density at radius 2 is 1.86 bits per heavy atom. The molecule has 0 unspecified atom stereocenters. The zero-order chi connectivity index (χ0) is 15.2. The Kier molecular flexibility index (Phi) is 4.93. The first kappa shape index (κ1) is 15.0. The van der Waals surface area contributed by atoms with Crippen molar-refractivity contribution in [2.45, 2.75) is 13.5 Å². The van der Waals surface area contributed by atoms with Crippen molar-refractivity contribution in [3.05, 3.63) is 48.0 Å². The second-order valence-electron chi connectivity index (χ2n) is 4.82. The van der Waals surface area contributed by atoms with E-state index in [9.17, 15) is 0 Å². The first-order valence-corrected chi connectivity index (χ1v) is 7.01. The van der Waals surface area contributed by atoms with E-state index in [1.165, 1.54) is 0 Å². The number of nitrogen functional groups attached to an aromatic ring is 1. The lowest BCUT2D eigenvalue weighted by Gasteiger charge is -2.22. The molecule has 112 valence electrons. The minimum atomic E-state index is 0.601. The molecule has 0 fully saturated rings. The molecule has 0 aliphatic carbocycles. The summed E-state index contributed by atoms with van der Waals surface area (Å²) in [7, 11) is 3.73. The molecule has 0 radical (unpaired) electrons. The topological polar surface area (TPSA) is 47.7 Å². The highest BCUT2D eigenvalue weighted by Gasteiger charge is 2.09. The van der Waals surface area contributed by atoms with Crippen molar-refractivity contribution in [3.63, 3.8) is 0 Å². The van der Waals surface area contributed by atoms with E-state index >= 15 is 0 Å². The number of para-hydroxylation sites is 1. The van der Waals surface area contributed by atoms with Gasteiger partial charge < -0.3 is 20.1 Å². The smallest absolute Gasteiger partial charge is 0.144 e. The van der Waals surface area contributed by atoms with Gasteiger partial charge in [-0.3, -0.25) is 0 Å². The molecule has 2 aromatic rings. The molecule has 0 saturated heterocycles. The number of ether oxygens (including phenoxy) is 2. The average Bonchev–Trinajstić information content (AvgIpc) is 2.50. The molecule has 0 atom stereocenters. The third-order valence-electron chi connectivity index (χ3n) is 3.34. The van der Waals surface area contributed by atoms with Gasteiger partial charge in [-0.05, 0) is 25.1 Å². The second kappa shape index (κ2) is 6.88. The summed E-state index contributed by atoms with van der Waals surface area (Å²) in [5.41, 5.74) is 8.76. The second-order valence-corrected chi connectivity index (χ2v) is 4.82. The Bertz CT molecular complexity index is 599. The first-order chi connectivity index (χ1) is 10.2. The SMILES string of the molecule is CCOc1cc(N(C)Cc2ccccc2OC)ccc1N. The standard InChI is InChI=1S/C17H22N2O2/c1-4-21-17-11-14(9-10-15(17)18)19(2)12-13-7-5-6-8-16(13)20-3/h5-11H,4,12,18H2,1-3H3. The van der Waals surface area contributed by atoms with Crippen LogP contribution < -0.4 is 20.1 Å². The fraction of sp³-hybridized carbons (Fsp3) is 0.294. The molecule has 0 aliphatic rings. The predicted octanol–water partition coefficient (Wildman–Crippen LogP) is 3.31. The van der Waals surface area contributed by atoms with E-state index in [-0.39, 0.29) is 0 Å². The van der Waals surface area contributed by atoms with Gasteiger partial charge in [0.1, 0.15) is 11.5 Å². The maximum atomic E-state index is 5.91. The highest BCUT2D eigenvalue weighted by atomic mass is 16.5. The number of nitrogens with zero attached hydrogens (tertiary/aromatic N) is 1. The van der Waals surface area contributed by atoms with Gasteiger partial charge in [-0.25, -0.2) is 0 Å². The minimum Gasteiger partial charge on any atom is -0.496 e. The molecule has 0 spiro atoms. The summed E-state index contributed by atoms with van der Waals surface area (Å²) in [5.74, 6) is 1.62. The number of methoxy groups -OCH3 is 1. The van der Waals surface area contributed by atoms with E-state index in [1.807, 2.05) is 50.4 Å². The molecule has 0 saturated carbocycles. The van der Waals surface area contributed by atoms with Gasteiger partial charge in [-0.15, -0.1) is 0 Å². The van der Waals surface area contributed by atoms with Gasteiger partial charge in [-0.1, -0.05) is 18.2 Å². The van der Waals surface area contributed by atoms with Crippen molar-refractivity contribution in [1.82, 2.24) is 0 Å². The summed E-state index contributed by atoms with van der Waals surface area (Å²) >= 11 is 0. The quantitative estimate of drug-likeness (QED) is 0.828. The van der Waals surface area contributed by atoms with Crippen LogP contribution in [0.4, 0.5) is 11.4 Å². The van der Waals surface area contributed by atoms with E-state index in [1.54, 1.807) is 7.11 Å². The number of hydrogen-bond donors (Lipinski definition) is 1. The molecule has 0 bridgehead atoms. The van der Waals surface area contributed by atoms with Crippen LogP contribution in [0.5, 0.6) is 11.5 Å². The summed E-state index contributed by atoms with van der Waals surface area (Å²) in [6.45, 7) is 3.30. The molecule has 2 N–H and O–H groups in total. The summed E-state index contributed by atoms with van der Waals surface area (Å²) in [5, 5.41) is 0. The highest BCUT2D eigenvalue weighted by Crippen LogP contribution is 2.29. The van der Waals surface area contributed by atoms with Crippen molar-refractivity contribution in [3.8, 4) is 11.5 Å². The number of nitrogens with two attached hydrogens (primary N) is 1. The summed E-state index contributed by atoms with van der Waals surface area (Å²) in [6, 6.07) is 13.9. The molecule has 4 nitrogen and oxygen atoms in total. The molecule has 0 aliphatic heterocycles. The van der Waals surface area contributed by atoms with Crippen LogP contribution in [-0.2, 0) is 6.54 Å². The lowest BCUT2D eigenvalue weighted by Crippen LogP contribution is -2.17. The third kappa shape index (κ3) is 3.60. The van der Waals surface area contributed by atoms with E-state index in [0.29, 0.717) is 12.3 Å². The fourth-order valence-electron chi connectivity index (χ4n) is 2.22. The third-order valence-corrected chi connectivity index (χ3v) is 3.34. The molecule has 2 aromatic carbocycles. The Morgan fingerprint density at radius 1 is 1.10 bits per heavy atom. The van der Waals surface area contributed by atoms with Crippen LogP contribution in [-0.4, -0.2) is 20.8 Å². The van der Waals surface area contributed by atoms with Crippen molar-refractivity contribution >= 4 is 11.4 Å². The fourth-order valence-corrected chi connectivity index (χ4v) is 2.22. The first-order valence-electron chi connectivity index (χ1n) is 7.01. The lowest BCUT2D eigenvalue weighted by molar-refractivity contribution is 0.342. The van der Waals surface area contributed by atoms with Gasteiger partial charge in [-0.2, -0.15) is 0 Å². The Morgan fingerprint density at radius 3 is 2.57 bits per heavy atom. The minimum absolute atomic E-state index is 0.601. The Labute approximate surface area is 126 Å². The van der Waals surface area contributed by atoms with Crippen molar-refractivity contribution < 1.29 is 9.47 Å².